The van der Waals surface area contributed by atoms with E-state index in [0.29, 0.717) is 30.3 Å². The molecule has 1 heterocycles. The Kier molecular flexibility index (Phi) is 4.10. The summed E-state index contributed by atoms with van der Waals surface area (Å²) < 4.78 is 17.2. The molecular weight excluding hydrogens is 336 g/mol. The van der Waals surface area contributed by atoms with Crippen molar-refractivity contribution in [1.29, 1.82) is 0 Å². The van der Waals surface area contributed by atoms with Gasteiger partial charge in [0.25, 0.3) is 0 Å². The molecule has 1 aliphatic heterocycles. The van der Waals surface area contributed by atoms with Gasteiger partial charge in [-0.05, 0) is 24.3 Å². The number of hydrogen-bond acceptors (Lipinski definition) is 4. The Morgan fingerprint density at radius 1 is 1.10 bits per heavy atom. The van der Waals surface area contributed by atoms with Gasteiger partial charge in [-0.1, -0.05) is 34.1 Å². The van der Waals surface area contributed by atoms with Crippen LogP contribution in [0.25, 0.3) is 0 Å². The molecule has 0 radical (unpaired) electrons. The Hall–Kier alpha value is -2.01. The number of rotatable bonds is 3. The molecule has 0 bridgehead atoms. The van der Waals surface area contributed by atoms with Crippen molar-refractivity contribution in [3.8, 4) is 11.5 Å². The minimum Gasteiger partial charge on any atom is -0.486 e. The van der Waals surface area contributed by atoms with Crippen LogP contribution in [-0.4, -0.2) is 19.2 Å². The molecule has 0 atom stereocenters. The number of ether oxygens (including phenoxy) is 3. The number of benzene rings is 2. The zero-order valence-electron chi connectivity index (χ0n) is 11.2. The molecule has 0 aromatic heterocycles. The zero-order valence-corrected chi connectivity index (χ0v) is 12.8. The molecule has 0 aliphatic carbocycles. The van der Waals surface area contributed by atoms with Crippen LogP contribution in [0.15, 0.2) is 46.9 Å². The van der Waals surface area contributed by atoms with Gasteiger partial charge in [0.1, 0.15) is 19.8 Å². The summed E-state index contributed by atoms with van der Waals surface area (Å²) in [6.45, 7) is 1.24. The molecule has 0 saturated heterocycles. The summed E-state index contributed by atoms with van der Waals surface area (Å²) in [5, 5.41) is 0. The molecule has 108 valence electrons. The molecule has 5 heteroatoms. The van der Waals surface area contributed by atoms with Crippen LogP contribution in [0.5, 0.6) is 11.5 Å². The average Bonchev–Trinajstić information content (AvgIpc) is 2.53. The summed E-state index contributed by atoms with van der Waals surface area (Å²) in [5.74, 6) is 1.03. The summed E-state index contributed by atoms with van der Waals surface area (Å²) in [4.78, 5) is 11.9. The Balaban J connectivity index is 1.72. The first-order chi connectivity index (χ1) is 10.2. The topological polar surface area (TPSA) is 44.8 Å². The minimum absolute atomic E-state index is 0.172. The van der Waals surface area contributed by atoms with Gasteiger partial charge < -0.3 is 14.2 Å². The Labute approximate surface area is 130 Å². The largest absolute Gasteiger partial charge is 0.486 e. The van der Waals surface area contributed by atoms with E-state index >= 15 is 0 Å². The molecule has 3 rings (SSSR count). The number of hydrogen-bond donors (Lipinski definition) is 0. The highest BCUT2D eigenvalue weighted by molar-refractivity contribution is 9.10. The summed E-state index contributed by atoms with van der Waals surface area (Å²) in [6, 6.07) is 12.6. The highest BCUT2D eigenvalue weighted by atomic mass is 79.9. The molecule has 0 unspecified atom stereocenters. The van der Waals surface area contributed by atoms with Crippen molar-refractivity contribution >= 4 is 21.9 Å². The first-order valence-electron chi connectivity index (χ1n) is 6.54. The predicted molar refractivity (Wildman–Crippen MR) is 80.7 cm³/mol. The Morgan fingerprint density at radius 3 is 2.48 bits per heavy atom. The smallest absolute Gasteiger partial charge is 0.338 e. The Bertz CT molecular complexity index is 655. The van der Waals surface area contributed by atoms with Crippen molar-refractivity contribution in [3.63, 3.8) is 0 Å². The standard InChI is InChI=1S/C16H13BrO4/c17-13-9-15-14(19-6-7-20-15)8-12(13)10-21-16(18)11-4-2-1-3-5-11/h1-5,8-9H,6-7,10H2. The van der Waals surface area contributed by atoms with Crippen molar-refractivity contribution in [3.05, 3.63) is 58.1 Å². The van der Waals surface area contributed by atoms with E-state index in [1.807, 2.05) is 18.2 Å². The van der Waals surface area contributed by atoms with Crippen molar-refractivity contribution < 1.29 is 19.0 Å². The normalized spacial score (nSPS) is 12.8. The molecule has 2 aromatic rings. The molecule has 1 aliphatic rings. The predicted octanol–water partition coefficient (Wildman–Crippen LogP) is 3.58. The van der Waals surface area contributed by atoms with Crippen LogP contribution in [0.3, 0.4) is 0 Å². The highest BCUT2D eigenvalue weighted by Crippen LogP contribution is 2.35. The van der Waals surface area contributed by atoms with Crippen molar-refractivity contribution in [2.45, 2.75) is 6.61 Å². The molecule has 4 nitrogen and oxygen atoms in total. The van der Waals surface area contributed by atoms with Crippen LogP contribution >= 0.6 is 15.9 Å². The van der Waals surface area contributed by atoms with Crippen LogP contribution in [0.2, 0.25) is 0 Å². The third-order valence-corrected chi connectivity index (χ3v) is 3.82. The van der Waals surface area contributed by atoms with Crippen LogP contribution in [0, 0.1) is 0 Å². The van der Waals surface area contributed by atoms with E-state index < -0.39 is 0 Å². The van der Waals surface area contributed by atoms with E-state index in [0.717, 1.165) is 10.0 Å². The van der Waals surface area contributed by atoms with Crippen molar-refractivity contribution in [1.82, 2.24) is 0 Å². The monoisotopic (exact) mass is 348 g/mol. The lowest BCUT2D eigenvalue weighted by molar-refractivity contribution is 0.0471. The summed E-state index contributed by atoms with van der Waals surface area (Å²) in [6.07, 6.45) is 0. The second-order valence-corrected chi connectivity index (χ2v) is 5.38. The van der Waals surface area contributed by atoms with Gasteiger partial charge in [-0.3, -0.25) is 0 Å². The molecular formula is C16H13BrO4. The number of esters is 1. The van der Waals surface area contributed by atoms with Gasteiger partial charge in [0, 0.05) is 10.0 Å². The third kappa shape index (κ3) is 3.19. The maximum absolute atomic E-state index is 11.9. The van der Waals surface area contributed by atoms with Gasteiger partial charge in [0.05, 0.1) is 5.56 Å². The second-order valence-electron chi connectivity index (χ2n) is 4.53. The summed E-state index contributed by atoms with van der Waals surface area (Å²) >= 11 is 3.45. The SMILES string of the molecule is O=C(OCc1cc2c(cc1Br)OCCO2)c1ccccc1. The number of carbonyl (C=O) groups excluding carboxylic acids is 1. The first-order valence-corrected chi connectivity index (χ1v) is 7.33. The van der Waals surface area contributed by atoms with Gasteiger partial charge in [-0.25, -0.2) is 4.79 Å². The van der Waals surface area contributed by atoms with E-state index in [9.17, 15) is 4.79 Å². The van der Waals surface area contributed by atoms with Crippen molar-refractivity contribution in [2.75, 3.05) is 13.2 Å². The van der Waals surface area contributed by atoms with Crippen LogP contribution in [0.1, 0.15) is 15.9 Å². The molecule has 0 amide bonds. The van der Waals surface area contributed by atoms with Gasteiger partial charge in [0.15, 0.2) is 11.5 Å². The second kappa shape index (κ2) is 6.18. The zero-order chi connectivity index (χ0) is 14.7. The Morgan fingerprint density at radius 2 is 1.76 bits per heavy atom. The molecule has 21 heavy (non-hydrogen) atoms. The highest BCUT2D eigenvalue weighted by Gasteiger charge is 2.16. The fourth-order valence-corrected chi connectivity index (χ4v) is 2.45. The maximum atomic E-state index is 11.9. The molecule has 2 aromatic carbocycles. The first kappa shape index (κ1) is 13.9. The lowest BCUT2D eigenvalue weighted by Gasteiger charge is -2.19. The minimum atomic E-state index is -0.350. The maximum Gasteiger partial charge on any atom is 0.338 e. The lowest BCUT2D eigenvalue weighted by atomic mass is 10.2. The fraction of sp³-hybridized carbons (Fsp3) is 0.188. The number of fused-ring (bicyclic) bond motifs is 1. The van der Waals surface area contributed by atoms with Gasteiger partial charge in [-0.2, -0.15) is 0 Å². The van der Waals surface area contributed by atoms with E-state index in [1.165, 1.54) is 0 Å². The number of carbonyl (C=O) groups is 1. The molecule has 0 spiro atoms. The van der Waals surface area contributed by atoms with Gasteiger partial charge >= 0.3 is 5.97 Å². The van der Waals surface area contributed by atoms with Crippen LogP contribution in [-0.2, 0) is 11.3 Å². The fourth-order valence-electron chi connectivity index (χ4n) is 2.02. The van der Waals surface area contributed by atoms with Gasteiger partial charge in [-0.15, -0.1) is 0 Å². The van der Waals surface area contributed by atoms with E-state index in [2.05, 4.69) is 15.9 Å². The van der Waals surface area contributed by atoms with E-state index in [1.54, 1.807) is 24.3 Å². The molecule has 0 fully saturated rings. The molecule has 0 saturated carbocycles. The number of halogens is 1. The van der Waals surface area contributed by atoms with Gasteiger partial charge in [0.2, 0.25) is 0 Å². The van der Waals surface area contributed by atoms with Crippen molar-refractivity contribution in [2.24, 2.45) is 0 Å². The van der Waals surface area contributed by atoms with Crippen LogP contribution < -0.4 is 9.47 Å². The quantitative estimate of drug-likeness (QED) is 0.795. The summed E-state index contributed by atoms with van der Waals surface area (Å²) in [5.41, 5.74) is 1.37. The third-order valence-electron chi connectivity index (χ3n) is 3.08. The lowest BCUT2D eigenvalue weighted by Crippen LogP contribution is -2.15. The van der Waals surface area contributed by atoms with E-state index in [4.69, 9.17) is 14.2 Å². The van der Waals surface area contributed by atoms with E-state index in [-0.39, 0.29) is 12.6 Å². The summed E-state index contributed by atoms with van der Waals surface area (Å²) in [7, 11) is 0. The average molecular weight is 349 g/mol. The van der Waals surface area contributed by atoms with Crippen LogP contribution in [0.4, 0.5) is 0 Å². The molecule has 0 N–H and O–H groups in total.